The molecule has 0 fully saturated rings. The quantitative estimate of drug-likeness (QED) is 0.394. The Morgan fingerprint density at radius 1 is 1.17 bits per heavy atom. The highest BCUT2D eigenvalue weighted by Crippen LogP contribution is 2.32. The summed E-state index contributed by atoms with van der Waals surface area (Å²) >= 11 is 5.88. The lowest BCUT2D eigenvalue weighted by Crippen LogP contribution is -2.34. The van der Waals surface area contributed by atoms with Crippen LogP contribution in [0.25, 0.3) is 0 Å². The molecule has 0 aromatic heterocycles. The third-order valence-electron chi connectivity index (χ3n) is 5.32. The predicted molar refractivity (Wildman–Crippen MR) is 127 cm³/mol. The monoisotopic (exact) mass is 447 g/mol. The number of nitrogens with zero attached hydrogens (tertiary/aromatic N) is 2. The largest absolute Gasteiger partial charge is 0.323 e. The summed E-state index contributed by atoms with van der Waals surface area (Å²) in [4.78, 5) is 2.27. The molecular formula is C23H30ClN3O2S. The standard InChI is InChI=1S/C23H30ClN3O2S/c1-3-15-26(2)16-6-4-5-7-19-8-13-23-20(18-19)14-17-27(23)30(28,29)25-22-11-9-21(24)10-12-22/h3,8-13,18,25H,1,4-7,14-17H2,2H3. The number of nitrogens with one attached hydrogen (secondary N) is 1. The molecular weight excluding hydrogens is 418 g/mol. The van der Waals surface area contributed by atoms with E-state index in [2.05, 4.69) is 35.4 Å². The van der Waals surface area contributed by atoms with E-state index in [1.807, 2.05) is 12.1 Å². The maximum absolute atomic E-state index is 12.9. The van der Waals surface area contributed by atoms with Crippen molar-refractivity contribution in [2.24, 2.45) is 0 Å². The number of benzene rings is 2. The predicted octanol–water partition coefficient (Wildman–Crippen LogP) is 4.89. The minimum atomic E-state index is -3.66. The maximum Gasteiger partial charge on any atom is 0.323 e. The first kappa shape index (κ1) is 22.7. The van der Waals surface area contributed by atoms with E-state index in [1.165, 1.54) is 22.7 Å². The summed E-state index contributed by atoms with van der Waals surface area (Å²) < 4.78 is 29.8. The summed E-state index contributed by atoms with van der Waals surface area (Å²) in [6.07, 6.45) is 7.19. The molecule has 3 rings (SSSR count). The van der Waals surface area contributed by atoms with Gasteiger partial charge in [-0.15, -0.1) is 6.58 Å². The molecule has 1 aliphatic heterocycles. The summed E-state index contributed by atoms with van der Waals surface area (Å²) in [5.74, 6) is 0. The molecule has 1 N–H and O–H groups in total. The van der Waals surface area contributed by atoms with E-state index in [-0.39, 0.29) is 0 Å². The van der Waals surface area contributed by atoms with Crippen LogP contribution in [-0.4, -0.2) is 40.0 Å². The first-order valence-electron chi connectivity index (χ1n) is 10.4. The lowest BCUT2D eigenvalue weighted by molar-refractivity contribution is 0.358. The van der Waals surface area contributed by atoms with Gasteiger partial charge in [-0.05, 0) is 80.7 Å². The SMILES string of the molecule is C=CCN(C)CCCCCc1ccc2c(c1)CCN2S(=O)(=O)Nc1ccc(Cl)cc1. The van der Waals surface area contributed by atoms with Crippen molar-refractivity contribution in [3.05, 3.63) is 71.3 Å². The molecule has 30 heavy (non-hydrogen) atoms. The van der Waals surface area contributed by atoms with Gasteiger partial charge in [0, 0.05) is 18.1 Å². The highest BCUT2D eigenvalue weighted by molar-refractivity contribution is 7.94. The van der Waals surface area contributed by atoms with Gasteiger partial charge in [0.15, 0.2) is 0 Å². The number of unbranched alkanes of at least 4 members (excludes halogenated alkanes) is 2. The number of fused-ring (bicyclic) bond motifs is 1. The van der Waals surface area contributed by atoms with Crippen LogP contribution in [0.4, 0.5) is 11.4 Å². The van der Waals surface area contributed by atoms with Crippen molar-refractivity contribution >= 4 is 33.2 Å². The molecule has 5 nitrogen and oxygen atoms in total. The molecule has 2 aromatic rings. The average molecular weight is 448 g/mol. The Kier molecular flexibility index (Phi) is 7.81. The molecule has 7 heteroatoms. The van der Waals surface area contributed by atoms with E-state index < -0.39 is 10.2 Å². The van der Waals surface area contributed by atoms with Crippen LogP contribution in [0.5, 0.6) is 0 Å². The van der Waals surface area contributed by atoms with E-state index in [0.717, 1.165) is 43.6 Å². The second-order valence-electron chi connectivity index (χ2n) is 7.76. The van der Waals surface area contributed by atoms with Gasteiger partial charge in [0.25, 0.3) is 0 Å². The van der Waals surface area contributed by atoms with E-state index in [1.54, 1.807) is 24.3 Å². The Balaban J connectivity index is 1.56. The molecule has 162 valence electrons. The first-order chi connectivity index (χ1) is 14.4. The maximum atomic E-state index is 12.9. The Hall–Kier alpha value is -2.02. The minimum absolute atomic E-state index is 0.456. The lowest BCUT2D eigenvalue weighted by atomic mass is 10.0. The Morgan fingerprint density at radius 2 is 1.93 bits per heavy atom. The van der Waals surface area contributed by atoms with Crippen LogP contribution >= 0.6 is 11.6 Å². The zero-order valence-electron chi connectivity index (χ0n) is 17.5. The second kappa shape index (κ2) is 10.3. The molecule has 0 bridgehead atoms. The van der Waals surface area contributed by atoms with Crippen LogP contribution in [0.2, 0.25) is 5.02 Å². The van der Waals surface area contributed by atoms with Gasteiger partial charge < -0.3 is 4.90 Å². The zero-order chi connectivity index (χ0) is 21.6. The molecule has 0 spiro atoms. The molecule has 0 aliphatic carbocycles. The highest BCUT2D eigenvalue weighted by Gasteiger charge is 2.29. The van der Waals surface area contributed by atoms with Crippen LogP contribution in [0.15, 0.2) is 55.1 Å². The number of hydrogen-bond donors (Lipinski definition) is 1. The van der Waals surface area contributed by atoms with Gasteiger partial charge in [-0.2, -0.15) is 8.42 Å². The van der Waals surface area contributed by atoms with Crippen molar-refractivity contribution in [1.29, 1.82) is 0 Å². The number of halogens is 1. The van der Waals surface area contributed by atoms with E-state index in [9.17, 15) is 8.42 Å². The minimum Gasteiger partial charge on any atom is -0.303 e. The Morgan fingerprint density at radius 3 is 2.67 bits per heavy atom. The molecule has 1 aliphatic rings. The fourth-order valence-electron chi connectivity index (χ4n) is 3.75. The van der Waals surface area contributed by atoms with Crippen molar-refractivity contribution < 1.29 is 8.42 Å². The zero-order valence-corrected chi connectivity index (χ0v) is 19.1. The third-order valence-corrected chi connectivity index (χ3v) is 7.03. The normalized spacial score (nSPS) is 13.5. The van der Waals surface area contributed by atoms with Crippen LogP contribution in [-0.2, 0) is 23.1 Å². The average Bonchev–Trinajstić information content (AvgIpc) is 3.14. The third kappa shape index (κ3) is 6.00. The molecule has 0 radical (unpaired) electrons. The van der Waals surface area contributed by atoms with E-state index in [0.29, 0.717) is 17.3 Å². The van der Waals surface area contributed by atoms with Gasteiger partial charge >= 0.3 is 10.2 Å². The highest BCUT2D eigenvalue weighted by atomic mass is 35.5. The molecule has 2 aromatic carbocycles. The molecule has 0 unspecified atom stereocenters. The van der Waals surface area contributed by atoms with Gasteiger partial charge in [0.2, 0.25) is 0 Å². The number of rotatable bonds is 11. The number of likely N-dealkylation sites (N-methyl/N-ethyl adjacent to an activating group) is 1. The molecule has 1 heterocycles. The number of hydrogen-bond acceptors (Lipinski definition) is 3. The van der Waals surface area contributed by atoms with Gasteiger partial charge in [-0.1, -0.05) is 36.2 Å². The smallest absolute Gasteiger partial charge is 0.303 e. The second-order valence-corrected chi connectivity index (χ2v) is 9.79. The van der Waals surface area contributed by atoms with Crippen molar-refractivity contribution in [3.8, 4) is 0 Å². The number of anilines is 2. The topological polar surface area (TPSA) is 52.7 Å². The summed E-state index contributed by atoms with van der Waals surface area (Å²) in [6.45, 7) is 6.24. The van der Waals surface area contributed by atoms with Crippen LogP contribution in [0.3, 0.4) is 0 Å². The molecule has 0 amide bonds. The molecule has 0 atom stereocenters. The fraction of sp³-hybridized carbons (Fsp3) is 0.391. The summed E-state index contributed by atoms with van der Waals surface area (Å²) in [6, 6.07) is 12.8. The van der Waals surface area contributed by atoms with Crippen LogP contribution < -0.4 is 9.03 Å². The summed E-state index contributed by atoms with van der Waals surface area (Å²) in [7, 11) is -1.55. The Labute approximate surface area is 185 Å². The van der Waals surface area contributed by atoms with E-state index >= 15 is 0 Å². The van der Waals surface area contributed by atoms with Gasteiger partial charge in [-0.3, -0.25) is 9.03 Å². The van der Waals surface area contributed by atoms with Gasteiger partial charge in [-0.25, -0.2) is 0 Å². The fourth-order valence-corrected chi connectivity index (χ4v) is 5.19. The molecule has 0 saturated heterocycles. The first-order valence-corrected chi connectivity index (χ1v) is 12.2. The van der Waals surface area contributed by atoms with Crippen molar-refractivity contribution in [3.63, 3.8) is 0 Å². The van der Waals surface area contributed by atoms with Gasteiger partial charge in [0.1, 0.15) is 0 Å². The van der Waals surface area contributed by atoms with Crippen LogP contribution in [0.1, 0.15) is 30.4 Å². The Bertz CT molecular complexity index is 961. The van der Waals surface area contributed by atoms with Crippen molar-refractivity contribution in [2.45, 2.75) is 32.1 Å². The lowest BCUT2D eigenvalue weighted by Gasteiger charge is -2.20. The van der Waals surface area contributed by atoms with Crippen molar-refractivity contribution in [1.82, 2.24) is 4.90 Å². The summed E-state index contributed by atoms with van der Waals surface area (Å²) in [5, 5.41) is 0.570. The van der Waals surface area contributed by atoms with Crippen molar-refractivity contribution in [2.75, 3.05) is 35.7 Å². The number of aryl methyl sites for hydroxylation is 1. The van der Waals surface area contributed by atoms with Crippen LogP contribution in [0, 0.1) is 0 Å². The molecule has 0 saturated carbocycles. The summed E-state index contributed by atoms with van der Waals surface area (Å²) in [5.41, 5.74) is 3.65. The van der Waals surface area contributed by atoms with E-state index in [4.69, 9.17) is 11.6 Å². The van der Waals surface area contributed by atoms with Gasteiger partial charge in [0.05, 0.1) is 11.4 Å².